The highest BCUT2D eigenvalue weighted by Gasteiger charge is 2.08. The van der Waals surface area contributed by atoms with Crippen LogP contribution in [0.3, 0.4) is 0 Å². The van der Waals surface area contributed by atoms with Gasteiger partial charge in [0, 0.05) is 6.54 Å². The van der Waals surface area contributed by atoms with Gasteiger partial charge in [0.25, 0.3) is 0 Å². The topological polar surface area (TPSA) is 54.5 Å². The Balaban J connectivity index is 2.47. The van der Waals surface area contributed by atoms with Crippen molar-refractivity contribution in [1.82, 2.24) is 15.0 Å². The highest BCUT2D eigenvalue weighted by Crippen LogP contribution is 2.11. The SMILES string of the molecule is CCCCCCn1nnc(Cl)c1C#N. The molecule has 14 heavy (non-hydrogen) atoms. The Bertz CT molecular complexity index is 326. The van der Waals surface area contributed by atoms with Crippen molar-refractivity contribution in [3.8, 4) is 6.07 Å². The summed E-state index contributed by atoms with van der Waals surface area (Å²) >= 11 is 5.67. The van der Waals surface area contributed by atoms with E-state index in [-0.39, 0.29) is 5.15 Å². The van der Waals surface area contributed by atoms with Crippen molar-refractivity contribution < 1.29 is 0 Å². The lowest BCUT2D eigenvalue weighted by Crippen LogP contribution is -2.03. The molecule has 0 aromatic carbocycles. The average Bonchev–Trinajstić information content (AvgIpc) is 2.54. The lowest BCUT2D eigenvalue weighted by atomic mass is 10.2. The van der Waals surface area contributed by atoms with Crippen LogP contribution in [0, 0.1) is 11.3 Å². The van der Waals surface area contributed by atoms with Crippen molar-refractivity contribution in [3.05, 3.63) is 10.8 Å². The number of nitriles is 1. The Kier molecular flexibility index (Phi) is 4.41. The lowest BCUT2D eigenvalue weighted by molar-refractivity contribution is 0.524. The van der Waals surface area contributed by atoms with Crippen LogP contribution in [0.25, 0.3) is 0 Å². The van der Waals surface area contributed by atoms with Crippen LogP contribution in [0.5, 0.6) is 0 Å². The van der Waals surface area contributed by atoms with Gasteiger partial charge in [-0.15, -0.1) is 5.10 Å². The van der Waals surface area contributed by atoms with E-state index in [0.29, 0.717) is 5.69 Å². The van der Waals surface area contributed by atoms with E-state index in [1.54, 1.807) is 4.68 Å². The van der Waals surface area contributed by atoms with Crippen LogP contribution >= 0.6 is 11.6 Å². The summed E-state index contributed by atoms with van der Waals surface area (Å²) in [5.41, 5.74) is 0.364. The summed E-state index contributed by atoms with van der Waals surface area (Å²) in [6.45, 7) is 2.88. The molecule has 76 valence electrons. The molecule has 0 aliphatic rings. The molecule has 1 heterocycles. The van der Waals surface area contributed by atoms with E-state index in [1.807, 2.05) is 6.07 Å². The Hall–Kier alpha value is -1.08. The van der Waals surface area contributed by atoms with Gasteiger partial charge in [-0.3, -0.25) is 0 Å². The predicted octanol–water partition coefficient (Wildman–Crippen LogP) is 2.38. The minimum Gasteiger partial charge on any atom is -0.233 e. The highest BCUT2D eigenvalue weighted by atomic mass is 35.5. The summed E-state index contributed by atoms with van der Waals surface area (Å²) in [4.78, 5) is 0. The van der Waals surface area contributed by atoms with Crippen LogP contribution in [-0.2, 0) is 6.54 Å². The third-order valence-corrected chi connectivity index (χ3v) is 2.28. The summed E-state index contributed by atoms with van der Waals surface area (Å²) in [5, 5.41) is 16.4. The molecule has 4 nitrogen and oxygen atoms in total. The summed E-state index contributed by atoms with van der Waals surface area (Å²) in [6.07, 6.45) is 4.58. The second kappa shape index (κ2) is 5.61. The minimum absolute atomic E-state index is 0.197. The van der Waals surface area contributed by atoms with Gasteiger partial charge in [-0.2, -0.15) is 5.26 Å². The van der Waals surface area contributed by atoms with Crippen LogP contribution in [0.4, 0.5) is 0 Å². The normalized spacial score (nSPS) is 10.1. The second-order valence-corrected chi connectivity index (χ2v) is 3.48. The molecule has 1 aromatic rings. The number of rotatable bonds is 5. The van der Waals surface area contributed by atoms with Crippen molar-refractivity contribution in [2.75, 3.05) is 0 Å². The molecule has 0 unspecified atom stereocenters. The first kappa shape index (κ1) is 11.0. The van der Waals surface area contributed by atoms with Crippen LogP contribution in [-0.4, -0.2) is 15.0 Å². The van der Waals surface area contributed by atoms with E-state index in [0.717, 1.165) is 19.4 Å². The Labute approximate surface area is 88.5 Å². The van der Waals surface area contributed by atoms with Gasteiger partial charge in [0.15, 0.2) is 10.8 Å². The van der Waals surface area contributed by atoms with Gasteiger partial charge in [-0.25, -0.2) is 4.68 Å². The zero-order valence-corrected chi connectivity index (χ0v) is 8.96. The Morgan fingerprint density at radius 2 is 2.21 bits per heavy atom. The Morgan fingerprint density at radius 1 is 1.43 bits per heavy atom. The summed E-state index contributed by atoms with van der Waals surface area (Å²) in [6, 6.07) is 1.99. The summed E-state index contributed by atoms with van der Waals surface area (Å²) in [7, 11) is 0. The van der Waals surface area contributed by atoms with E-state index in [9.17, 15) is 0 Å². The molecule has 0 saturated carbocycles. The van der Waals surface area contributed by atoms with E-state index in [4.69, 9.17) is 16.9 Å². The molecule has 0 atom stereocenters. The van der Waals surface area contributed by atoms with Crippen LogP contribution in [0.15, 0.2) is 0 Å². The fraction of sp³-hybridized carbons (Fsp3) is 0.667. The summed E-state index contributed by atoms with van der Waals surface area (Å²) < 4.78 is 1.57. The quantitative estimate of drug-likeness (QED) is 0.705. The number of aryl methyl sites for hydroxylation is 1. The van der Waals surface area contributed by atoms with Gasteiger partial charge >= 0.3 is 0 Å². The van der Waals surface area contributed by atoms with Crippen molar-refractivity contribution in [2.45, 2.75) is 39.2 Å². The number of aromatic nitrogens is 3. The van der Waals surface area contributed by atoms with Crippen molar-refractivity contribution >= 4 is 11.6 Å². The first-order valence-corrected chi connectivity index (χ1v) is 5.16. The van der Waals surface area contributed by atoms with Gasteiger partial charge < -0.3 is 0 Å². The standard InChI is InChI=1S/C9H13ClN4/c1-2-3-4-5-6-14-8(7-11)9(10)12-13-14/h2-6H2,1H3. The molecule has 0 saturated heterocycles. The molecular formula is C9H13ClN4. The fourth-order valence-corrected chi connectivity index (χ4v) is 1.41. The van der Waals surface area contributed by atoms with Gasteiger partial charge in [-0.1, -0.05) is 43.0 Å². The molecule has 1 aromatic heterocycles. The number of halogens is 1. The molecule has 0 aliphatic heterocycles. The maximum absolute atomic E-state index is 8.76. The third kappa shape index (κ3) is 2.71. The third-order valence-electron chi connectivity index (χ3n) is 2.02. The predicted molar refractivity (Wildman–Crippen MR) is 53.9 cm³/mol. The molecule has 0 spiro atoms. The molecule has 0 bridgehead atoms. The molecule has 1 rings (SSSR count). The van der Waals surface area contributed by atoms with Gasteiger partial charge in [0.2, 0.25) is 0 Å². The molecule has 0 N–H and O–H groups in total. The minimum atomic E-state index is 0.197. The van der Waals surface area contributed by atoms with E-state index in [1.165, 1.54) is 12.8 Å². The van der Waals surface area contributed by atoms with Gasteiger partial charge in [0.1, 0.15) is 6.07 Å². The fourth-order valence-electron chi connectivity index (χ4n) is 1.24. The number of unbranched alkanes of at least 4 members (excludes halogenated alkanes) is 3. The lowest BCUT2D eigenvalue weighted by Gasteiger charge is -2.00. The van der Waals surface area contributed by atoms with E-state index < -0.39 is 0 Å². The Morgan fingerprint density at radius 3 is 2.86 bits per heavy atom. The largest absolute Gasteiger partial charge is 0.233 e. The van der Waals surface area contributed by atoms with Gasteiger partial charge in [-0.05, 0) is 6.42 Å². The monoisotopic (exact) mass is 212 g/mol. The van der Waals surface area contributed by atoms with E-state index >= 15 is 0 Å². The maximum Gasteiger partial charge on any atom is 0.189 e. The van der Waals surface area contributed by atoms with Crippen LogP contribution < -0.4 is 0 Å². The molecular weight excluding hydrogens is 200 g/mol. The first-order chi connectivity index (χ1) is 6.79. The first-order valence-electron chi connectivity index (χ1n) is 4.78. The van der Waals surface area contributed by atoms with E-state index in [2.05, 4.69) is 17.2 Å². The van der Waals surface area contributed by atoms with Crippen LogP contribution in [0.1, 0.15) is 38.3 Å². The number of nitrogens with zero attached hydrogens (tertiary/aromatic N) is 4. The number of hydrogen-bond donors (Lipinski definition) is 0. The molecule has 0 aliphatic carbocycles. The van der Waals surface area contributed by atoms with Crippen LogP contribution in [0.2, 0.25) is 5.15 Å². The number of hydrogen-bond acceptors (Lipinski definition) is 3. The van der Waals surface area contributed by atoms with Gasteiger partial charge in [0.05, 0.1) is 0 Å². The van der Waals surface area contributed by atoms with Crippen molar-refractivity contribution in [2.24, 2.45) is 0 Å². The smallest absolute Gasteiger partial charge is 0.189 e. The van der Waals surface area contributed by atoms with Crippen molar-refractivity contribution in [1.29, 1.82) is 5.26 Å². The maximum atomic E-state index is 8.76. The molecule has 0 radical (unpaired) electrons. The molecule has 0 amide bonds. The summed E-state index contributed by atoms with van der Waals surface area (Å²) in [5.74, 6) is 0. The van der Waals surface area contributed by atoms with Crippen molar-refractivity contribution in [3.63, 3.8) is 0 Å². The zero-order valence-electron chi connectivity index (χ0n) is 8.20. The average molecular weight is 213 g/mol. The zero-order chi connectivity index (χ0) is 10.4. The molecule has 0 fully saturated rings. The molecule has 5 heteroatoms. The highest BCUT2D eigenvalue weighted by molar-refractivity contribution is 6.30. The second-order valence-electron chi connectivity index (χ2n) is 3.12.